The largest absolute Gasteiger partial charge is 0.380 e. The average molecular weight is 199 g/mol. The normalized spacial score (nSPS) is 29.4. The van der Waals surface area contributed by atoms with E-state index >= 15 is 0 Å². The molecule has 0 spiro atoms. The standard InChI is InChI=1S/C12H25NO/c1-4-13-12(9-14-5-2)11-8-6-7-10(11)3/h10-13H,4-9H2,1-3H3. The predicted octanol–water partition coefficient (Wildman–Crippen LogP) is 2.44. The summed E-state index contributed by atoms with van der Waals surface area (Å²) in [5.74, 6) is 1.71. The highest BCUT2D eigenvalue weighted by Gasteiger charge is 2.30. The summed E-state index contributed by atoms with van der Waals surface area (Å²) in [6.45, 7) is 9.41. The Bertz CT molecular complexity index is 149. The second-order valence-corrected chi connectivity index (χ2v) is 4.40. The second-order valence-electron chi connectivity index (χ2n) is 4.40. The number of nitrogens with one attached hydrogen (secondary N) is 1. The highest BCUT2D eigenvalue weighted by molar-refractivity contribution is 4.84. The molecule has 0 aliphatic heterocycles. The zero-order chi connectivity index (χ0) is 10.4. The Kier molecular flexibility index (Phi) is 5.49. The molecule has 14 heavy (non-hydrogen) atoms. The Balaban J connectivity index is 2.39. The number of hydrogen-bond acceptors (Lipinski definition) is 2. The lowest BCUT2D eigenvalue weighted by Crippen LogP contribution is -2.41. The molecule has 1 N–H and O–H groups in total. The van der Waals surface area contributed by atoms with Crippen LogP contribution in [0.4, 0.5) is 0 Å². The fourth-order valence-corrected chi connectivity index (χ4v) is 2.61. The van der Waals surface area contributed by atoms with Crippen molar-refractivity contribution in [2.45, 2.75) is 46.1 Å². The van der Waals surface area contributed by atoms with E-state index < -0.39 is 0 Å². The predicted molar refractivity (Wildman–Crippen MR) is 60.5 cm³/mol. The summed E-state index contributed by atoms with van der Waals surface area (Å²) in [6, 6.07) is 0.581. The van der Waals surface area contributed by atoms with Crippen molar-refractivity contribution in [1.82, 2.24) is 5.32 Å². The van der Waals surface area contributed by atoms with E-state index in [-0.39, 0.29) is 0 Å². The van der Waals surface area contributed by atoms with Crippen LogP contribution in [0.3, 0.4) is 0 Å². The smallest absolute Gasteiger partial charge is 0.0622 e. The van der Waals surface area contributed by atoms with Gasteiger partial charge in [-0.15, -0.1) is 0 Å². The molecule has 3 atom stereocenters. The summed E-state index contributed by atoms with van der Waals surface area (Å²) >= 11 is 0. The average Bonchev–Trinajstić information content (AvgIpc) is 2.59. The van der Waals surface area contributed by atoms with Crippen LogP contribution in [-0.4, -0.2) is 25.8 Å². The molecule has 1 saturated carbocycles. The summed E-state index contributed by atoms with van der Waals surface area (Å²) in [6.07, 6.45) is 4.18. The molecular weight excluding hydrogens is 174 g/mol. The van der Waals surface area contributed by atoms with Crippen LogP contribution in [0, 0.1) is 11.8 Å². The summed E-state index contributed by atoms with van der Waals surface area (Å²) in [5, 5.41) is 3.56. The monoisotopic (exact) mass is 199 g/mol. The molecule has 0 saturated heterocycles. The van der Waals surface area contributed by atoms with Crippen LogP contribution < -0.4 is 5.32 Å². The van der Waals surface area contributed by atoms with Crippen LogP contribution in [0.2, 0.25) is 0 Å². The van der Waals surface area contributed by atoms with Crippen molar-refractivity contribution < 1.29 is 4.74 Å². The van der Waals surface area contributed by atoms with Gasteiger partial charge in [0.25, 0.3) is 0 Å². The van der Waals surface area contributed by atoms with Crippen molar-refractivity contribution in [2.24, 2.45) is 11.8 Å². The van der Waals surface area contributed by atoms with Gasteiger partial charge in [-0.05, 0) is 31.7 Å². The van der Waals surface area contributed by atoms with Gasteiger partial charge in [-0.3, -0.25) is 0 Å². The summed E-state index contributed by atoms with van der Waals surface area (Å²) in [4.78, 5) is 0. The number of rotatable bonds is 6. The van der Waals surface area contributed by atoms with E-state index in [1.165, 1.54) is 19.3 Å². The topological polar surface area (TPSA) is 21.3 Å². The zero-order valence-corrected chi connectivity index (χ0v) is 9.88. The van der Waals surface area contributed by atoms with Gasteiger partial charge in [-0.25, -0.2) is 0 Å². The summed E-state index contributed by atoms with van der Waals surface area (Å²) < 4.78 is 5.55. The number of ether oxygens (including phenoxy) is 1. The molecule has 1 fully saturated rings. The Morgan fingerprint density at radius 3 is 2.64 bits per heavy atom. The van der Waals surface area contributed by atoms with Gasteiger partial charge in [0.05, 0.1) is 6.61 Å². The molecule has 1 aliphatic rings. The minimum absolute atomic E-state index is 0.581. The molecule has 84 valence electrons. The van der Waals surface area contributed by atoms with Crippen LogP contribution in [0.5, 0.6) is 0 Å². The third-order valence-electron chi connectivity index (χ3n) is 3.41. The first kappa shape index (κ1) is 12.0. The molecule has 0 aromatic carbocycles. The Labute approximate surface area is 88.4 Å². The van der Waals surface area contributed by atoms with Crippen molar-refractivity contribution >= 4 is 0 Å². The maximum Gasteiger partial charge on any atom is 0.0622 e. The van der Waals surface area contributed by atoms with Crippen molar-refractivity contribution in [3.63, 3.8) is 0 Å². The molecule has 0 bridgehead atoms. The van der Waals surface area contributed by atoms with E-state index in [9.17, 15) is 0 Å². The summed E-state index contributed by atoms with van der Waals surface area (Å²) in [7, 11) is 0. The fraction of sp³-hybridized carbons (Fsp3) is 1.00. The van der Waals surface area contributed by atoms with Crippen molar-refractivity contribution in [2.75, 3.05) is 19.8 Å². The molecular formula is C12H25NO. The molecule has 0 aromatic heterocycles. The number of likely N-dealkylation sites (N-methyl/N-ethyl adjacent to an activating group) is 1. The van der Waals surface area contributed by atoms with Gasteiger partial charge in [0, 0.05) is 12.6 Å². The van der Waals surface area contributed by atoms with Gasteiger partial charge < -0.3 is 10.1 Å². The summed E-state index contributed by atoms with van der Waals surface area (Å²) in [5.41, 5.74) is 0. The molecule has 1 aliphatic carbocycles. The van der Waals surface area contributed by atoms with Crippen molar-refractivity contribution in [3.05, 3.63) is 0 Å². The SMILES string of the molecule is CCNC(COCC)C1CCCC1C. The van der Waals surface area contributed by atoms with Gasteiger partial charge in [0.15, 0.2) is 0 Å². The van der Waals surface area contributed by atoms with Crippen molar-refractivity contribution in [1.29, 1.82) is 0 Å². The quantitative estimate of drug-likeness (QED) is 0.709. The third kappa shape index (κ3) is 3.25. The molecule has 0 aromatic rings. The van der Waals surface area contributed by atoms with E-state index in [4.69, 9.17) is 4.74 Å². The highest BCUT2D eigenvalue weighted by Crippen LogP contribution is 2.33. The Hall–Kier alpha value is -0.0800. The fourth-order valence-electron chi connectivity index (χ4n) is 2.61. The van der Waals surface area contributed by atoms with Crippen LogP contribution in [0.25, 0.3) is 0 Å². The van der Waals surface area contributed by atoms with Gasteiger partial charge in [0.2, 0.25) is 0 Å². The van der Waals surface area contributed by atoms with E-state index in [1.54, 1.807) is 0 Å². The van der Waals surface area contributed by atoms with E-state index in [2.05, 4.69) is 26.1 Å². The maximum absolute atomic E-state index is 5.55. The first-order chi connectivity index (χ1) is 6.79. The first-order valence-corrected chi connectivity index (χ1v) is 6.10. The Morgan fingerprint density at radius 2 is 2.14 bits per heavy atom. The van der Waals surface area contributed by atoms with E-state index in [0.717, 1.165) is 31.6 Å². The number of hydrogen-bond donors (Lipinski definition) is 1. The molecule has 3 unspecified atom stereocenters. The first-order valence-electron chi connectivity index (χ1n) is 6.10. The minimum Gasteiger partial charge on any atom is -0.380 e. The van der Waals surface area contributed by atoms with Gasteiger partial charge >= 0.3 is 0 Å². The second kappa shape index (κ2) is 6.41. The molecule has 1 rings (SSSR count). The van der Waals surface area contributed by atoms with Crippen LogP contribution in [-0.2, 0) is 4.74 Å². The zero-order valence-electron chi connectivity index (χ0n) is 9.88. The Morgan fingerprint density at radius 1 is 1.36 bits per heavy atom. The maximum atomic E-state index is 5.55. The van der Waals surface area contributed by atoms with Crippen LogP contribution in [0.15, 0.2) is 0 Å². The van der Waals surface area contributed by atoms with E-state index in [0.29, 0.717) is 6.04 Å². The third-order valence-corrected chi connectivity index (χ3v) is 3.41. The molecule has 0 amide bonds. The molecule has 2 nitrogen and oxygen atoms in total. The molecule has 0 radical (unpaired) electrons. The lowest BCUT2D eigenvalue weighted by molar-refractivity contribution is 0.0960. The lowest BCUT2D eigenvalue weighted by Gasteiger charge is -2.27. The van der Waals surface area contributed by atoms with Crippen molar-refractivity contribution in [3.8, 4) is 0 Å². The lowest BCUT2D eigenvalue weighted by atomic mass is 9.90. The molecule has 0 heterocycles. The van der Waals surface area contributed by atoms with Crippen LogP contribution in [0.1, 0.15) is 40.0 Å². The van der Waals surface area contributed by atoms with E-state index in [1.807, 2.05) is 0 Å². The highest BCUT2D eigenvalue weighted by atomic mass is 16.5. The van der Waals surface area contributed by atoms with Gasteiger partial charge in [-0.1, -0.05) is 26.7 Å². The van der Waals surface area contributed by atoms with Gasteiger partial charge in [-0.2, -0.15) is 0 Å². The minimum atomic E-state index is 0.581. The van der Waals surface area contributed by atoms with Gasteiger partial charge in [0.1, 0.15) is 0 Å². The van der Waals surface area contributed by atoms with Crippen LogP contribution >= 0.6 is 0 Å². The molecule has 2 heteroatoms.